The van der Waals surface area contributed by atoms with Crippen molar-refractivity contribution >= 4 is 17.5 Å². The Balaban J connectivity index is 2.49. The molecule has 0 atom stereocenters. The average Bonchev–Trinajstić information content (AvgIpc) is 2.34. The molecule has 0 aromatic heterocycles. The van der Waals surface area contributed by atoms with Gasteiger partial charge in [-0.2, -0.15) is 0 Å². The van der Waals surface area contributed by atoms with E-state index in [1.807, 2.05) is 19.2 Å². The first-order valence-electron chi connectivity index (χ1n) is 5.41. The van der Waals surface area contributed by atoms with Gasteiger partial charge in [0.15, 0.2) is 0 Å². The summed E-state index contributed by atoms with van der Waals surface area (Å²) in [7, 11) is 3.40. The molecule has 0 aliphatic heterocycles. The molecule has 2 N–H and O–H groups in total. The van der Waals surface area contributed by atoms with Crippen molar-refractivity contribution in [3.05, 3.63) is 28.8 Å². The lowest BCUT2D eigenvalue weighted by atomic mass is 10.2. The van der Waals surface area contributed by atoms with Crippen LogP contribution in [-0.2, 0) is 11.3 Å². The lowest BCUT2D eigenvalue weighted by molar-refractivity contribution is -0.121. The molecule has 0 heterocycles. The quantitative estimate of drug-likeness (QED) is 0.813. The molecular formula is C12H17ClN2O2. The molecular weight excluding hydrogens is 240 g/mol. The first-order chi connectivity index (χ1) is 8.17. The summed E-state index contributed by atoms with van der Waals surface area (Å²) in [5.41, 5.74) is 0.880. The van der Waals surface area contributed by atoms with E-state index in [9.17, 15) is 4.79 Å². The fourth-order valence-corrected chi connectivity index (χ4v) is 1.56. The van der Waals surface area contributed by atoms with Gasteiger partial charge < -0.3 is 15.4 Å². The number of hydrogen-bond acceptors (Lipinski definition) is 3. The van der Waals surface area contributed by atoms with Crippen LogP contribution in [0.3, 0.4) is 0 Å². The Hall–Kier alpha value is -1.26. The molecule has 1 aromatic rings. The molecule has 17 heavy (non-hydrogen) atoms. The molecule has 0 bridgehead atoms. The SMILES string of the molecule is CNCCC(=O)NCc1ccc(OC)cc1Cl. The molecule has 94 valence electrons. The molecule has 1 amide bonds. The molecule has 5 heteroatoms. The summed E-state index contributed by atoms with van der Waals surface area (Å²) in [6.45, 7) is 1.10. The molecule has 0 fully saturated rings. The molecule has 0 unspecified atom stereocenters. The number of nitrogens with one attached hydrogen (secondary N) is 2. The van der Waals surface area contributed by atoms with Gasteiger partial charge in [-0.3, -0.25) is 4.79 Å². The highest BCUT2D eigenvalue weighted by Gasteiger charge is 2.04. The number of methoxy groups -OCH3 is 1. The van der Waals surface area contributed by atoms with E-state index in [1.165, 1.54) is 0 Å². The first kappa shape index (κ1) is 13.8. The number of benzene rings is 1. The maximum atomic E-state index is 11.4. The van der Waals surface area contributed by atoms with E-state index in [4.69, 9.17) is 16.3 Å². The highest BCUT2D eigenvalue weighted by molar-refractivity contribution is 6.31. The molecule has 1 rings (SSSR count). The highest BCUT2D eigenvalue weighted by Crippen LogP contribution is 2.22. The topological polar surface area (TPSA) is 50.4 Å². The second kappa shape index (κ2) is 7.14. The number of hydrogen-bond donors (Lipinski definition) is 2. The molecule has 0 spiro atoms. The van der Waals surface area contributed by atoms with Gasteiger partial charge in [0.05, 0.1) is 7.11 Å². The van der Waals surface area contributed by atoms with E-state index < -0.39 is 0 Å². The summed E-state index contributed by atoms with van der Waals surface area (Å²) >= 11 is 6.05. The van der Waals surface area contributed by atoms with Crippen molar-refractivity contribution in [2.24, 2.45) is 0 Å². The van der Waals surface area contributed by atoms with Crippen molar-refractivity contribution in [2.45, 2.75) is 13.0 Å². The van der Waals surface area contributed by atoms with Gasteiger partial charge in [0.2, 0.25) is 5.91 Å². The second-order valence-electron chi connectivity index (χ2n) is 3.59. The van der Waals surface area contributed by atoms with Gasteiger partial charge in [-0.15, -0.1) is 0 Å². The van der Waals surface area contributed by atoms with Crippen LogP contribution in [0.1, 0.15) is 12.0 Å². The Labute approximate surface area is 106 Å². The van der Waals surface area contributed by atoms with Crippen LogP contribution in [0.25, 0.3) is 0 Å². The number of halogens is 1. The van der Waals surface area contributed by atoms with Gasteiger partial charge in [0.25, 0.3) is 0 Å². The molecule has 0 aliphatic rings. The van der Waals surface area contributed by atoms with Gasteiger partial charge in [-0.05, 0) is 24.7 Å². The van der Waals surface area contributed by atoms with E-state index in [2.05, 4.69) is 10.6 Å². The second-order valence-corrected chi connectivity index (χ2v) is 3.99. The number of amides is 1. The van der Waals surface area contributed by atoms with Crippen LogP contribution in [0.2, 0.25) is 5.02 Å². The summed E-state index contributed by atoms with van der Waals surface area (Å²) in [4.78, 5) is 11.4. The summed E-state index contributed by atoms with van der Waals surface area (Å²) in [5.74, 6) is 0.714. The van der Waals surface area contributed by atoms with Crippen LogP contribution in [0.15, 0.2) is 18.2 Å². The first-order valence-corrected chi connectivity index (χ1v) is 5.79. The predicted octanol–water partition coefficient (Wildman–Crippen LogP) is 1.57. The van der Waals surface area contributed by atoms with Gasteiger partial charge in [-0.1, -0.05) is 17.7 Å². The minimum atomic E-state index is 0.00577. The van der Waals surface area contributed by atoms with Crippen molar-refractivity contribution in [3.63, 3.8) is 0 Å². The molecule has 0 radical (unpaired) electrons. The number of carbonyl (C=O) groups is 1. The summed E-state index contributed by atoms with van der Waals surface area (Å²) in [5, 5.41) is 6.32. The Bertz CT molecular complexity index is 383. The van der Waals surface area contributed by atoms with Crippen LogP contribution >= 0.6 is 11.6 Å². The minimum Gasteiger partial charge on any atom is -0.497 e. The lowest BCUT2D eigenvalue weighted by Crippen LogP contribution is -2.26. The van der Waals surface area contributed by atoms with Crippen molar-refractivity contribution in [2.75, 3.05) is 20.7 Å². The van der Waals surface area contributed by atoms with E-state index >= 15 is 0 Å². The zero-order valence-electron chi connectivity index (χ0n) is 10.0. The number of rotatable bonds is 6. The van der Waals surface area contributed by atoms with Crippen LogP contribution in [0.5, 0.6) is 5.75 Å². The zero-order valence-corrected chi connectivity index (χ0v) is 10.8. The minimum absolute atomic E-state index is 0.00577. The van der Waals surface area contributed by atoms with Gasteiger partial charge in [0, 0.05) is 24.5 Å². The van der Waals surface area contributed by atoms with Crippen LogP contribution in [0, 0.1) is 0 Å². The lowest BCUT2D eigenvalue weighted by Gasteiger charge is -2.08. The van der Waals surface area contributed by atoms with E-state index in [1.54, 1.807) is 13.2 Å². The molecule has 0 aliphatic carbocycles. The van der Waals surface area contributed by atoms with Crippen molar-refractivity contribution in [3.8, 4) is 5.75 Å². The van der Waals surface area contributed by atoms with E-state index in [0.29, 0.717) is 30.3 Å². The van der Waals surface area contributed by atoms with Gasteiger partial charge >= 0.3 is 0 Å². The van der Waals surface area contributed by atoms with Crippen LogP contribution in [-0.4, -0.2) is 26.6 Å². The van der Waals surface area contributed by atoms with Gasteiger partial charge in [0.1, 0.15) is 5.75 Å². The maximum absolute atomic E-state index is 11.4. The van der Waals surface area contributed by atoms with Gasteiger partial charge in [-0.25, -0.2) is 0 Å². The molecule has 0 saturated carbocycles. The van der Waals surface area contributed by atoms with Crippen molar-refractivity contribution < 1.29 is 9.53 Å². The monoisotopic (exact) mass is 256 g/mol. The Morgan fingerprint density at radius 2 is 2.24 bits per heavy atom. The van der Waals surface area contributed by atoms with Crippen LogP contribution in [0.4, 0.5) is 0 Å². The third kappa shape index (κ3) is 4.63. The van der Waals surface area contributed by atoms with E-state index in [-0.39, 0.29) is 5.91 Å². The number of carbonyl (C=O) groups excluding carboxylic acids is 1. The standard InChI is InChI=1S/C12H17ClN2O2/c1-14-6-5-12(16)15-8-9-3-4-10(17-2)7-11(9)13/h3-4,7,14H,5-6,8H2,1-2H3,(H,15,16). The molecule has 4 nitrogen and oxygen atoms in total. The predicted molar refractivity (Wildman–Crippen MR) is 68.4 cm³/mol. The van der Waals surface area contributed by atoms with Crippen molar-refractivity contribution in [1.82, 2.24) is 10.6 Å². The Morgan fingerprint density at radius 1 is 1.47 bits per heavy atom. The van der Waals surface area contributed by atoms with Crippen LogP contribution < -0.4 is 15.4 Å². The number of ether oxygens (including phenoxy) is 1. The smallest absolute Gasteiger partial charge is 0.221 e. The summed E-state index contributed by atoms with van der Waals surface area (Å²) in [6.07, 6.45) is 0.463. The Morgan fingerprint density at radius 3 is 2.82 bits per heavy atom. The largest absolute Gasteiger partial charge is 0.497 e. The molecule has 0 saturated heterocycles. The normalized spacial score (nSPS) is 10.1. The average molecular weight is 257 g/mol. The summed E-state index contributed by atoms with van der Waals surface area (Å²) in [6, 6.07) is 5.40. The highest BCUT2D eigenvalue weighted by atomic mass is 35.5. The molecule has 1 aromatic carbocycles. The summed E-state index contributed by atoms with van der Waals surface area (Å²) < 4.78 is 5.05. The third-order valence-corrected chi connectivity index (χ3v) is 2.69. The fraction of sp³-hybridized carbons (Fsp3) is 0.417. The fourth-order valence-electron chi connectivity index (χ4n) is 1.32. The van der Waals surface area contributed by atoms with E-state index in [0.717, 1.165) is 5.56 Å². The zero-order chi connectivity index (χ0) is 12.7. The Kier molecular flexibility index (Phi) is 5.80. The third-order valence-electron chi connectivity index (χ3n) is 2.34. The van der Waals surface area contributed by atoms with Crippen molar-refractivity contribution in [1.29, 1.82) is 0 Å². The maximum Gasteiger partial charge on any atom is 0.221 e.